The summed E-state index contributed by atoms with van der Waals surface area (Å²) < 4.78 is 40.4. The van der Waals surface area contributed by atoms with E-state index in [0.717, 1.165) is 37.3 Å². The van der Waals surface area contributed by atoms with Crippen LogP contribution >= 0.6 is 23.2 Å². The Labute approximate surface area is 217 Å². The Balaban J connectivity index is 1.46. The van der Waals surface area contributed by atoms with Gasteiger partial charge in [0.15, 0.2) is 0 Å². The van der Waals surface area contributed by atoms with Crippen molar-refractivity contribution in [2.75, 3.05) is 25.0 Å². The highest BCUT2D eigenvalue weighted by Gasteiger charge is 2.33. The van der Waals surface area contributed by atoms with Crippen LogP contribution in [-0.2, 0) is 6.18 Å². The maximum atomic E-state index is 13.5. The summed E-state index contributed by atoms with van der Waals surface area (Å²) in [5.41, 5.74) is 1.48. The van der Waals surface area contributed by atoms with Crippen molar-refractivity contribution in [2.45, 2.75) is 24.9 Å². The lowest BCUT2D eigenvalue weighted by atomic mass is 9.87. The molecule has 1 aromatic heterocycles. The minimum Gasteiger partial charge on any atom is -0.322 e. The first-order valence-electron chi connectivity index (χ1n) is 11.5. The Bertz CT molecular complexity index is 1240. The zero-order valence-corrected chi connectivity index (χ0v) is 20.7. The van der Waals surface area contributed by atoms with Gasteiger partial charge >= 0.3 is 6.18 Å². The van der Waals surface area contributed by atoms with Crippen LogP contribution in [0.25, 0.3) is 6.08 Å². The second-order valence-corrected chi connectivity index (χ2v) is 9.47. The fraction of sp³-hybridized carbons (Fsp3) is 0.259. The first kappa shape index (κ1) is 26.2. The van der Waals surface area contributed by atoms with E-state index in [1.54, 1.807) is 0 Å². The Morgan fingerprint density at radius 2 is 1.78 bits per heavy atom. The Kier molecular flexibility index (Phi) is 8.34. The molecule has 0 unspecified atom stereocenters. The van der Waals surface area contributed by atoms with E-state index in [-0.39, 0.29) is 16.6 Å². The maximum absolute atomic E-state index is 13.5. The first-order chi connectivity index (χ1) is 17.2. The number of benzene rings is 2. The number of alkyl halides is 3. The highest BCUT2D eigenvalue weighted by atomic mass is 35.5. The largest absolute Gasteiger partial charge is 0.416 e. The Hall–Kier alpha value is -2.87. The van der Waals surface area contributed by atoms with Crippen LogP contribution in [0.4, 0.5) is 18.9 Å². The lowest BCUT2D eigenvalue weighted by molar-refractivity contribution is -0.137. The number of rotatable bonds is 6. The number of pyridine rings is 1. The minimum atomic E-state index is -4.47. The van der Waals surface area contributed by atoms with E-state index in [1.165, 1.54) is 24.4 Å². The standard InChI is InChI=1S/C27H24Cl2F3N3O/c28-22-6-3-18(4-7-22)2-1-13-35-14-10-19(11-15-35)23-17-21(27(30,31)32)5-8-24(23)34-26(36)20-9-12-33-25(29)16-20/h1-9,12,16-17,19H,10-11,13-15H2,(H,34,36)/b2-1+. The number of aromatic nitrogens is 1. The van der Waals surface area contributed by atoms with Gasteiger partial charge in [0.25, 0.3) is 5.91 Å². The van der Waals surface area contributed by atoms with Gasteiger partial charge in [0.2, 0.25) is 0 Å². The summed E-state index contributed by atoms with van der Waals surface area (Å²) in [4.78, 5) is 18.9. The molecule has 1 aliphatic heterocycles. The van der Waals surface area contributed by atoms with E-state index in [2.05, 4.69) is 21.3 Å². The Morgan fingerprint density at radius 3 is 2.44 bits per heavy atom. The number of carbonyl (C=O) groups is 1. The monoisotopic (exact) mass is 533 g/mol. The summed E-state index contributed by atoms with van der Waals surface area (Å²) in [7, 11) is 0. The molecule has 188 valence electrons. The molecule has 4 rings (SSSR count). The average Bonchev–Trinajstić information content (AvgIpc) is 2.85. The molecule has 1 N–H and O–H groups in total. The molecule has 1 saturated heterocycles. The van der Waals surface area contributed by atoms with E-state index >= 15 is 0 Å². The number of nitrogens with zero attached hydrogens (tertiary/aromatic N) is 2. The number of likely N-dealkylation sites (tertiary alicyclic amines) is 1. The van der Waals surface area contributed by atoms with E-state index in [4.69, 9.17) is 23.2 Å². The van der Waals surface area contributed by atoms with Crippen molar-refractivity contribution in [1.29, 1.82) is 0 Å². The molecule has 0 bridgehead atoms. The summed E-state index contributed by atoms with van der Waals surface area (Å²) in [5, 5.41) is 3.61. The van der Waals surface area contributed by atoms with Crippen LogP contribution in [-0.4, -0.2) is 35.4 Å². The van der Waals surface area contributed by atoms with Gasteiger partial charge in [0.05, 0.1) is 5.56 Å². The van der Waals surface area contributed by atoms with Crippen LogP contribution in [0.1, 0.15) is 45.8 Å². The molecule has 36 heavy (non-hydrogen) atoms. The molecule has 0 radical (unpaired) electrons. The fourth-order valence-electron chi connectivity index (χ4n) is 4.27. The number of anilines is 1. The number of amides is 1. The van der Waals surface area contributed by atoms with Crippen LogP contribution in [0.3, 0.4) is 0 Å². The zero-order valence-electron chi connectivity index (χ0n) is 19.2. The van der Waals surface area contributed by atoms with E-state index in [0.29, 0.717) is 29.1 Å². The molecule has 2 heterocycles. The number of halogens is 5. The molecule has 1 aliphatic rings. The number of nitrogens with one attached hydrogen (secondary N) is 1. The summed E-state index contributed by atoms with van der Waals surface area (Å²) in [6.45, 7) is 2.21. The molecule has 1 fully saturated rings. The molecule has 0 saturated carbocycles. The van der Waals surface area contributed by atoms with Crippen LogP contribution in [0.5, 0.6) is 0 Å². The average molecular weight is 534 g/mol. The summed E-state index contributed by atoms with van der Waals surface area (Å²) >= 11 is 11.8. The lowest BCUT2D eigenvalue weighted by Crippen LogP contribution is -2.33. The highest BCUT2D eigenvalue weighted by molar-refractivity contribution is 6.30. The predicted molar refractivity (Wildman–Crippen MR) is 138 cm³/mol. The minimum absolute atomic E-state index is 0.111. The van der Waals surface area contributed by atoms with Crippen molar-refractivity contribution in [3.05, 3.63) is 99.3 Å². The van der Waals surface area contributed by atoms with E-state index in [1.807, 2.05) is 30.3 Å². The van der Waals surface area contributed by atoms with Gasteiger partial charge in [-0.3, -0.25) is 9.69 Å². The normalized spacial score (nSPS) is 15.4. The fourth-order valence-corrected chi connectivity index (χ4v) is 4.57. The van der Waals surface area contributed by atoms with Crippen LogP contribution in [0.2, 0.25) is 10.2 Å². The van der Waals surface area contributed by atoms with Gasteiger partial charge in [-0.05, 0) is 85.4 Å². The molecule has 3 aromatic rings. The second kappa shape index (κ2) is 11.5. The Morgan fingerprint density at radius 1 is 1.06 bits per heavy atom. The molecular formula is C27H24Cl2F3N3O. The van der Waals surface area contributed by atoms with Crippen LogP contribution < -0.4 is 5.32 Å². The van der Waals surface area contributed by atoms with Gasteiger partial charge in [-0.2, -0.15) is 13.2 Å². The van der Waals surface area contributed by atoms with E-state index < -0.39 is 17.6 Å². The van der Waals surface area contributed by atoms with Crippen molar-refractivity contribution in [3.8, 4) is 0 Å². The van der Waals surface area contributed by atoms with Crippen molar-refractivity contribution in [3.63, 3.8) is 0 Å². The third-order valence-corrected chi connectivity index (χ3v) is 6.65. The van der Waals surface area contributed by atoms with Gasteiger partial charge in [-0.25, -0.2) is 4.98 Å². The van der Waals surface area contributed by atoms with Crippen LogP contribution in [0, 0.1) is 0 Å². The molecule has 2 aromatic carbocycles. The van der Waals surface area contributed by atoms with Gasteiger partial charge < -0.3 is 5.32 Å². The maximum Gasteiger partial charge on any atom is 0.416 e. The highest BCUT2D eigenvalue weighted by Crippen LogP contribution is 2.38. The summed E-state index contributed by atoms with van der Waals surface area (Å²) in [6, 6.07) is 14.0. The predicted octanol–water partition coefficient (Wildman–Crippen LogP) is 7.55. The number of piperidine rings is 1. The topological polar surface area (TPSA) is 45.2 Å². The lowest BCUT2D eigenvalue weighted by Gasteiger charge is -2.32. The summed E-state index contributed by atoms with van der Waals surface area (Å²) in [5.74, 6) is -0.565. The molecule has 0 atom stereocenters. The third kappa shape index (κ3) is 6.87. The van der Waals surface area contributed by atoms with Gasteiger partial charge in [0.1, 0.15) is 5.15 Å². The van der Waals surface area contributed by atoms with Gasteiger partial charge in [0, 0.05) is 29.0 Å². The van der Waals surface area contributed by atoms with Gasteiger partial charge in [-0.15, -0.1) is 0 Å². The number of hydrogen-bond acceptors (Lipinski definition) is 3. The number of carbonyl (C=O) groups excluding carboxylic acids is 1. The molecule has 0 aliphatic carbocycles. The summed E-state index contributed by atoms with van der Waals surface area (Å²) in [6.07, 6.45) is 2.39. The SMILES string of the molecule is O=C(Nc1ccc(C(F)(F)F)cc1C1CCN(C/C=C/c2ccc(Cl)cc2)CC1)c1ccnc(Cl)c1. The van der Waals surface area contributed by atoms with Crippen molar-refractivity contribution in [2.24, 2.45) is 0 Å². The van der Waals surface area contributed by atoms with Crippen LogP contribution in [0.15, 0.2) is 66.9 Å². The molecule has 9 heteroatoms. The molecule has 0 spiro atoms. The van der Waals surface area contributed by atoms with Crippen molar-refractivity contribution < 1.29 is 18.0 Å². The first-order valence-corrected chi connectivity index (χ1v) is 12.2. The zero-order chi connectivity index (χ0) is 25.7. The molecular weight excluding hydrogens is 510 g/mol. The molecule has 4 nitrogen and oxygen atoms in total. The smallest absolute Gasteiger partial charge is 0.322 e. The second-order valence-electron chi connectivity index (χ2n) is 8.65. The van der Waals surface area contributed by atoms with Crippen molar-refractivity contribution >= 4 is 40.9 Å². The third-order valence-electron chi connectivity index (χ3n) is 6.19. The van der Waals surface area contributed by atoms with Gasteiger partial charge in [-0.1, -0.05) is 47.5 Å². The van der Waals surface area contributed by atoms with Crippen molar-refractivity contribution in [1.82, 2.24) is 9.88 Å². The number of hydrogen-bond donors (Lipinski definition) is 1. The van der Waals surface area contributed by atoms with E-state index in [9.17, 15) is 18.0 Å². The quantitative estimate of drug-likeness (QED) is 0.332. The molecule has 1 amide bonds.